The van der Waals surface area contributed by atoms with Crippen LogP contribution >= 0.6 is 15.9 Å². The smallest absolute Gasteiger partial charge is 0.212 e. The Labute approximate surface area is 83.8 Å². The van der Waals surface area contributed by atoms with Gasteiger partial charge < -0.3 is 5.32 Å². The van der Waals surface area contributed by atoms with E-state index in [2.05, 4.69) is 36.4 Å². The van der Waals surface area contributed by atoms with Crippen molar-refractivity contribution in [2.75, 3.05) is 0 Å². The molecule has 70 valence electrons. The summed E-state index contributed by atoms with van der Waals surface area (Å²) in [4.78, 5) is 14.1. The van der Waals surface area contributed by atoms with Crippen molar-refractivity contribution in [1.29, 1.82) is 0 Å². The number of carbonyl (C=O) groups excluding carboxylic acids is 1. The van der Waals surface area contributed by atoms with Gasteiger partial charge in [-0.3, -0.25) is 9.89 Å². The molecular formula is C7H9BrN4O. The highest BCUT2D eigenvalue weighted by molar-refractivity contribution is 9.10. The summed E-state index contributed by atoms with van der Waals surface area (Å²) < 4.78 is 0.796. The zero-order chi connectivity index (χ0) is 9.84. The largest absolute Gasteiger partial charge is 0.317 e. The molecule has 1 heterocycles. The van der Waals surface area contributed by atoms with Crippen LogP contribution in [0.3, 0.4) is 0 Å². The van der Waals surface area contributed by atoms with Crippen molar-refractivity contribution in [1.82, 2.24) is 15.5 Å². The van der Waals surface area contributed by atoms with Crippen LogP contribution in [0.1, 0.15) is 12.5 Å². The molecule has 0 radical (unpaired) electrons. The lowest BCUT2D eigenvalue weighted by atomic mass is 10.4. The van der Waals surface area contributed by atoms with Crippen LogP contribution < -0.4 is 5.32 Å². The van der Waals surface area contributed by atoms with E-state index in [0.717, 1.165) is 10.2 Å². The summed E-state index contributed by atoms with van der Waals surface area (Å²) in [6.07, 6.45) is 0.579. The Hall–Kier alpha value is -1.17. The maximum absolute atomic E-state index is 10.1. The van der Waals surface area contributed by atoms with E-state index in [4.69, 9.17) is 0 Å². The molecule has 0 bridgehead atoms. The minimum atomic E-state index is 0.511. The van der Waals surface area contributed by atoms with Crippen molar-refractivity contribution in [3.05, 3.63) is 10.2 Å². The molecule has 0 saturated heterocycles. The molecule has 13 heavy (non-hydrogen) atoms. The third kappa shape index (κ3) is 2.38. The van der Waals surface area contributed by atoms with Gasteiger partial charge in [-0.05, 0) is 29.8 Å². The van der Waals surface area contributed by atoms with Crippen LogP contribution in [0.15, 0.2) is 9.60 Å². The highest BCUT2D eigenvalue weighted by Crippen LogP contribution is 2.22. The van der Waals surface area contributed by atoms with Crippen molar-refractivity contribution >= 4 is 34.0 Å². The Morgan fingerprint density at radius 2 is 2.46 bits per heavy atom. The Balaban J connectivity index is 2.90. The van der Waals surface area contributed by atoms with Crippen LogP contribution in [0.5, 0.6) is 0 Å². The first-order valence-corrected chi connectivity index (χ1v) is 4.40. The monoisotopic (exact) mass is 244 g/mol. The minimum Gasteiger partial charge on any atom is -0.317 e. The lowest BCUT2D eigenvalue weighted by Crippen LogP contribution is -2.17. The van der Waals surface area contributed by atoms with Crippen molar-refractivity contribution < 1.29 is 4.79 Å². The molecule has 0 spiro atoms. The van der Waals surface area contributed by atoms with Gasteiger partial charge in [-0.1, -0.05) is 0 Å². The Bertz CT molecular complexity index is 344. The van der Waals surface area contributed by atoms with E-state index in [1.54, 1.807) is 6.92 Å². The van der Waals surface area contributed by atoms with Gasteiger partial charge in [0.15, 0.2) is 5.82 Å². The summed E-state index contributed by atoms with van der Waals surface area (Å²) in [5.74, 6) is 1.08. The van der Waals surface area contributed by atoms with E-state index in [1.165, 1.54) is 0 Å². The normalized spacial score (nSPS) is 11.5. The number of rotatable bonds is 2. The van der Waals surface area contributed by atoms with Crippen LogP contribution in [0.25, 0.3) is 0 Å². The number of aromatic nitrogens is 2. The quantitative estimate of drug-likeness (QED) is 0.468. The fourth-order valence-electron chi connectivity index (χ4n) is 0.753. The Kier molecular flexibility index (Phi) is 3.18. The fraction of sp³-hybridized carbons (Fsp3) is 0.286. The lowest BCUT2D eigenvalue weighted by Gasteiger charge is -1.94. The average molecular weight is 245 g/mol. The molecule has 0 aliphatic carbocycles. The molecule has 0 aliphatic rings. The third-order valence-corrected chi connectivity index (χ3v) is 2.24. The second-order valence-electron chi connectivity index (χ2n) is 2.45. The molecule has 0 fully saturated rings. The molecule has 0 saturated carbocycles. The standard InChI is InChI=1S/C7H9BrN4O/c1-4-6(8)11-12-7(4)10-5(2)9-3-13/h3H,1-2H3,(H2,9,10,11,12,13). The number of aliphatic imine (C=N–C) groups is 1. The van der Waals surface area contributed by atoms with Gasteiger partial charge in [-0.25, -0.2) is 4.99 Å². The number of hydrogen-bond donors (Lipinski definition) is 2. The van der Waals surface area contributed by atoms with Gasteiger partial charge in [0.25, 0.3) is 0 Å². The van der Waals surface area contributed by atoms with E-state index in [-0.39, 0.29) is 0 Å². The molecule has 5 nitrogen and oxygen atoms in total. The fourth-order valence-corrected chi connectivity index (χ4v) is 1.02. The van der Waals surface area contributed by atoms with Crippen LogP contribution in [0, 0.1) is 6.92 Å². The summed E-state index contributed by atoms with van der Waals surface area (Å²) in [6.45, 7) is 3.57. The number of amidine groups is 1. The molecule has 2 N–H and O–H groups in total. The molecule has 1 amide bonds. The highest BCUT2D eigenvalue weighted by atomic mass is 79.9. The molecule has 1 aromatic heterocycles. The van der Waals surface area contributed by atoms with Gasteiger partial charge >= 0.3 is 0 Å². The van der Waals surface area contributed by atoms with Crippen molar-refractivity contribution in [3.8, 4) is 0 Å². The molecule has 0 aliphatic heterocycles. The van der Waals surface area contributed by atoms with Gasteiger partial charge in [0.05, 0.1) is 0 Å². The number of hydrogen-bond acceptors (Lipinski definition) is 3. The first kappa shape index (κ1) is 9.91. The number of halogens is 1. The maximum Gasteiger partial charge on any atom is 0.212 e. The number of amides is 1. The lowest BCUT2D eigenvalue weighted by molar-refractivity contribution is -0.108. The van der Waals surface area contributed by atoms with Crippen LogP contribution in [-0.2, 0) is 4.79 Å². The van der Waals surface area contributed by atoms with Crippen LogP contribution in [0.4, 0.5) is 5.82 Å². The van der Waals surface area contributed by atoms with E-state index >= 15 is 0 Å². The molecule has 0 aromatic carbocycles. The molecule has 1 aromatic rings. The topological polar surface area (TPSA) is 70.1 Å². The number of aromatic amines is 1. The summed E-state index contributed by atoms with van der Waals surface area (Å²) in [7, 11) is 0. The number of H-pyrrole nitrogens is 1. The predicted octanol–water partition coefficient (Wildman–Crippen LogP) is 1.28. The Morgan fingerprint density at radius 1 is 1.77 bits per heavy atom. The average Bonchev–Trinajstić information content (AvgIpc) is 2.37. The van der Waals surface area contributed by atoms with Gasteiger partial charge in [-0.2, -0.15) is 5.10 Å². The maximum atomic E-state index is 10.1. The van der Waals surface area contributed by atoms with Crippen molar-refractivity contribution in [2.45, 2.75) is 13.8 Å². The first-order valence-electron chi connectivity index (χ1n) is 3.61. The number of carbonyl (C=O) groups is 1. The van der Waals surface area contributed by atoms with Crippen molar-refractivity contribution in [3.63, 3.8) is 0 Å². The van der Waals surface area contributed by atoms with Crippen molar-refractivity contribution in [2.24, 2.45) is 4.99 Å². The summed E-state index contributed by atoms with van der Waals surface area (Å²) in [6, 6.07) is 0. The van der Waals surface area contributed by atoms with E-state index < -0.39 is 0 Å². The van der Waals surface area contributed by atoms with Gasteiger partial charge in [0.1, 0.15) is 10.4 Å². The molecule has 0 atom stereocenters. The van der Waals surface area contributed by atoms with Gasteiger partial charge in [0.2, 0.25) is 6.41 Å². The molecular weight excluding hydrogens is 236 g/mol. The number of nitrogens with zero attached hydrogens (tertiary/aromatic N) is 2. The third-order valence-electron chi connectivity index (χ3n) is 1.47. The van der Waals surface area contributed by atoms with Crippen LogP contribution in [0.2, 0.25) is 0 Å². The molecule has 6 heteroatoms. The second-order valence-corrected chi connectivity index (χ2v) is 3.24. The van der Waals surface area contributed by atoms with E-state index in [9.17, 15) is 4.79 Å². The van der Waals surface area contributed by atoms with Gasteiger partial charge in [-0.15, -0.1) is 0 Å². The predicted molar refractivity (Wildman–Crippen MR) is 53.0 cm³/mol. The molecule has 0 unspecified atom stereocenters. The summed E-state index contributed by atoms with van der Waals surface area (Å²) >= 11 is 3.27. The van der Waals surface area contributed by atoms with Gasteiger partial charge in [0, 0.05) is 5.56 Å². The zero-order valence-electron chi connectivity index (χ0n) is 7.26. The summed E-state index contributed by atoms with van der Waals surface area (Å²) in [5.41, 5.74) is 0.909. The second kappa shape index (κ2) is 4.18. The number of nitrogens with one attached hydrogen (secondary N) is 2. The van der Waals surface area contributed by atoms with Crippen LogP contribution in [-0.4, -0.2) is 22.4 Å². The summed E-state index contributed by atoms with van der Waals surface area (Å²) in [5, 5.41) is 9.08. The van der Waals surface area contributed by atoms with E-state index in [0.29, 0.717) is 18.1 Å². The van der Waals surface area contributed by atoms with E-state index in [1.807, 2.05) is 6.92 Å². The molecule has 1 rings (SSSR count). The SMILES string of the molecule is CC(=Nc1n[nH]c(Br)c1C)NC=O. The minimum absolute atomic E-state index is 0.511. The first-order chi connectivity index (χ1) is 6.15. The zero-order valence-corrected chi connectivity index (χ0v) is 8.84. The Morgan fingerprint density at radius 3 is 2.92 bits per heavy atom. The highest BCUT2D eigenvalue weighted by Gasteiger charge is 2.04.